The molecule has 1 fully saturated rings. The van der Waals surface area contributed by atoms with Crippen molar-refractivity contribution < 1.29 is 9.26 Å². The number of aromatic nitrogens is 2. The maximum absolute atomic E-state index is 6.01. The molecule has 6 nitrogen and oxygen atoms in total. The Balaban J connectivity index is 2.01. The summed E-state index contributed by atoms with van der Waals surface area (Å²) in [5, 5.41) is 4.02. The molecule has 2 atom stereocenters. The molecule has 1 saturated heterocycles. The van der Waals surface area contributed by atoms with Crippen LogP contribution in [-0.2, 0) is 4.74 Å². The van der Waals surface area contributed by atoms with Crippen molar-refractivity contribution in [2.75, 3.05) is 26.2 Å². The molecule has 1 aromatic rings. The van der Waals surface area contributed by atoms with Crippen LogP contribution in [0.25, 0.3) is 0 Å². The lowest BCUT2D eigenvalue weighted by Crippen LogP contribution is -2.39. The van der Waals surface area contributed by atoms with Crippen molar-refractivity contribution in [1.29, 1.82) is 0 Å². The Hall–Kier alpha value is -0.980. The minimum atomic E-state index is -0.211. The quantitative estimate of drug-likeness (QED) is 0.872. The molecule has 1 aliphatic rings. The zero-order chi connectivity index (χ0) is 13.8. The minimum Gasteiger partial charge on any atom is -0.367 e. The van der Waals surface area contributed by atoms with Crippen molar-refractivity contribution in [3.63, 3.8) is 0 Å². The number of nitrogens with zero attached hydrogens (tertiary/aromatic N) is 3. The van der Waals surface area contributed by atoms with E-state index in [0.717, 1.165) is 26.1 Å². The van der Waals surface area contributed by atoms with E-state index in [0.29, 0.717) is 18.3 Å². The standard InChI is InChI=1S/C13H24N4O2/c1-4-5-17-6-7-18-10(8-17)12-15-13(19-16-12)11(14)9(2)3/h9-11H,4-8,14H2,1-3H3/t10?,11-/m0/s1. The molecule has 0 amide bonds. The Morgan fingerprint density at radius 3 is 2.95 bits per heavy atom. The van der Waals surface area contributed by atoms with Gasteiger partial charge >= 0.3 is 0 Å². The van der Waals surface area contributed by atoms with E-state index < -0.39 is 0 Å². The molecule has 2 N–H and O–H groups in total. The Morgan fingerprint density at radius 2 is 2.26 bits per heavy atom. The fourth-order valence-electron chi connectivity index (χ4n) is 2.18. The van der Waals surface area contributed by atoms with Crippen LogP contribution in [0, 0.1) is 5.92 Å². The van der Waals surface area contributed by atoms with Gasteiger partial charge in [0, 0.05) is 13.1 Å². The molecule has 108 valence electrons. The van der Waals surface area contributed by atoms with Gasteiger partial charge < -0.3 is 15.0 Å². The molecular formula is C13H24N4O2. The van der Waals surface area contributed by atoms with Gasteiger partial charge in [0.15, 0.2) is 0 Å². The Bertz CT molecular complexity index is 392. The van der Waals surface area contributed by atoms with Crippen LogP contribution in [0.2, 0.25) is 0 Å². The summed E-state index contributed by atoms with van der Waals surface area (Å²) >= 11 is 0. The molecule has 1 unspecified atom stereocenters. The first kappa shape index (κ1) is 14.4. The van der Waals surface area contributed by atoms with Crippen LogP contribution in [0.1, 0.15) is 51.1 Å². The second-order valence-corrected chi connectivity index (χ2v) is 5.42. The van der Waals surface area contributed by atoms with Crippen LogP contribution < -0.4 is 5.73 Å². The van der Waals surface area contributed by atoms with Gasteiger partial charge in [0.05, 0.1) is 12.6 Å². The van der Waals surface area contributed by atoms with Gasteiger partial charge in [0.25, 0.3) is 0 Å². The van der Waals surface area contributed by atoms with Crippen LogP contribution in [0.4, 0.5) is 0 Å². The van der Waals surface area contributed by atoms with Gasteiger partial charge in [0.1, 0.15) is 6.10 Å². The average Bonchev–Trinajstić information content (AvgIpc) is 2.88. The number of hydrogen-bond donors (Lipinski definition) is 1. The van der Waals surface area contributed by atoms with E-state index in [2.05, 4.69) is 22.0 Å². The van der Waals surface area contributed by atoms with Gasteiger partial charge in [-0.2, -0.15) is 4.98 Å². The number of morpholine rings is 1. The summed E-state index contributed by atoms with van der Waals surface area (Å²) in [4.78, 5) is 6.76. The third-order valence-corrected chi connectivity index (χ3v) is 3.44. The predicted molar refractivity (Wildman–Crippen MR) is 71.5 cm³/mol. The summed E-state index contributed by atoms with van der Waals surface area (Å²) in [6, 6.07) is -0.211. The summed E-state index contributed by atoms with van der Waals surface area (Å²) in [5.41, 5.74) is 6.01. The van der Waals surface area contributed by atoms with Crippen molar-refractivity contribution >= 4 is 0 Å². The lowest BCUT2D eigenvalue weighted by molar-refractivity contribution is -0.0350. The van der Waals surface area contributed by atoms with E-state index >= 15 is 0 Å². The summed E-state index contributed by atoms with van der Waals surface area (Å²) in [7, 11) is 0. The fourth-order valence-corrected chi connectivity index (χ4v) is 2.18. The number of nitrogens with two attached hydrogens (primary N) is 1. The summed E-state index contributed by atoms with van der Waals surface area (Å²) < 4.78 is 11.0. The highest BCUT2D eigenvalue weighted by molar-refractivity contribution is 4.97. The molecule has 0 radical (unpaired) electrons. The summed E-state index contributed by atoms with van der Waals surface area (Å²) in [6.45, 7) is 9.84. The van der Waals surface area contributed by atoms with E-state index in [1.165, 1.54) is 0 Å². The van der Waals surface area contributed by atoms with Crippen LogP contribution in [-0.4, -0.2) is 41.3 Å². The third-order valence-electron chi connectivity index (χ3n) is 3.44. The van der Waals surface area contributed by atoms with Crippen molar-refractivity contribution in [2.45, 2.75) is 39.3 Å². The second-order valence-electron chi connectivity index (χ2n) is 5.42. The maximum Gasteiger partial charge on any atom is 0.243 e. The van der Waals surface area contributed by atoms with Gasteiger partial charge in [0.2, 0.25) is 11.7 Å². The molecule has 6 heteroatoms. The SMILES string of the molecule is CCCN1CCOC(c2noc([C@@H](N)C(C)C)n2)C1. The van der Waals surface area contributed by atoms with E-state index in [-0.39, 0.29) is 18.1 Å². The van der Waals surface area contributed by atoms with Crippen molar-refractivity contribution in [1.82, 2.24) is 15.0 Å². The number of rotatable bonds is 5. The largest absolute Gasteiger partial charge is 0.367 e. The summed E-state index contributed by atoms with van der Waals surface area (Å²) in [5.74, 6) is 1.39. The van der Waals surface area contributed by atoms with Gasteiger partial charge in [-0.25, -0.2) is 0 Å². The van der Waals surface area contributed by atoms with E-state index in [1.807, 2.05) is 13.8 Å². The fraction of sp³-hybridized carbons (Fsp3) is 0.846. The molecular weight excluding hydrogens is 244 g/mol. The molecule has 0 spiro atoms. The molecule has 0 aliphatic carbocycles. The van der Waals surface area contributed by atoms with Crippen LogP contribution >= 0.6 is 0 Å². The van der Waals surface area contributed by atoms with Gasteiger partial charge in [-0.3, -0.25) is 4.90 Å². The van der Waals surface area contributed by atoms with Gasteiger partial charge in [-0.05, 0) is 18.9 Å². The van der Waals surface area contributed by atoms with Crippen molar-refractivity contribution in [2.24, 2.45) is 11.7 Å². The van der Waals surface area contributed by atoms with Crippen molar-refractivity contribution in [3.05, 3.63) is 11.7 Å². The van der Waals surface area contributed by atoms with E-state index in [1.54, 1.807) is 0 Å². The molecule has 1 aliphatic heterocycles. The highest BCUT2D eigenvalue weighted by atomic mass is 16.5. The van der Waals surface area contributed by atoms with E-state index in [9.17, 15) is 0 Å². The topological polar surface area (TPSA) is 77.4 Å². The summed E-state index contributed by atoms with van der Waals surface area (Å²) in [6.07, 6.45) is 1.04. The first-order chi connectivity index (χ1) is 9.11. The predicted octanol–water partition coefficient (Wildman–Crippen LogP) is 1.51. The Labute approximate surface area is 114 Å². The average molecular weight is 268 g/mol. The lowest BCUT2D eigenvalue weighted by Gasteiger charge is -2.30. The van der Waals surface area contributed by atoms with Crippen LogP contribution in [0.5, 0.6) is 0 Å². The van der Waals surface area contributed by atoms with E-state index in [4.69, 9.17) is 15.0 Å². The zero-order valence-electron chi connectivity index (χ0n) is 12.0. The molecule has 0 saturated carbocycles. The first-order valence-corrected chi connectivity index (χ1v) is 7.04. The van der Waals surface area contributed by atoms with Crippen LogP contribution in [0.15, 0.2) is 4.52 Å². The molecule has 0 bridgehead atoms. The first-order valence-electron chi connectivity index (χ1n) is 7.04. The second kappa shape index (κ2) is 6.45. The molecule has 2 rings (SSSR count). The number of ether oxygens (including phenoxy) is 1. The Kier molecular flexibility index (Phi) is 4.90. The minimum absolute atomic E-state index is 0.0998. The highest BCUT2D eigenvalue weighted by Crippen LogP contribution is 2.23. The molecule has 0 aromatic carbocycles. The molecule has 2 heterocycles. The van der Waals surface area contributed by atoms with Crippen molar-refractivity contribution in [3.8, 4) is 0 Å². The smallest absolute Gasteiger partial charge is 0.243 e. The normalized spacial score (nSPS) is 22.9. The van der Waals surface area contributed by atoms with Crippen LogP contribution in [0.3, 0.4) is 0 Å². The molecule has 1 aromatic heterocycles. The lowest BCUT2D eigenvalue weighted by atomic mass is 10.1. The highest BCUT2D eigenvalue weighted by Gasteiger charge is 2.27. The van der Waals surface area contributed by atoms with Gasteiger partial charge in [-0.15, -0.1) is 0 Å². The van der Waals surface area contributed by atoms with Gasteiger partial charge in [-0.1, -0.05) is 25.9 Å². The zero-order valence-corrected chi connectivity index (χ0v) is 12.0. The molecule has 19 heavy (non-hydrogen) atoms. The number of hydrogen-bond acceptors (Lipinski definition) is 6. The third kappa shape index (κ3) is 3.52. The maximum atomic E-state index is 6.01. The monoisotopic (exact) mass is 268 g/mol. The Morgan fingerprint density at radius 1 is 1.47 bits per heavy atom.